The fourth-order valence-electron chi connectivity index (χ4n) is 2.58. The fourth-order valence-corrected chi connectivity index (χ4v) is 2.58. The van der Waals surface area contributed by atoms with E-state index in [-0.39, 0.29) is 5.91 Å². The highest BCUT2D eigenvalue weighted by Gasteiger charge is 2.30. The normalized spacial score (nSPS) is 20.4. The lowest BCUT2D eigenvalue weighted by atomic mass is 9.94. The van der Waals surface area contributed by atoms with Crippen molar-refractivity contribution in [3.63, 3.8) is 0 Å². The minimum Gasteiger partial charge on any atom is -0.381 e. The summed E-state index contributed by atoms with van der Waals surface area (Å²) in [7, 11) is 1.86. The van der Waals surface area contributed by atoms with E-state index in [9.17, 15) is 4.79 Å². The van der Waals surface area contributed by atoms with Crippen LogP contribution in [0.25, 0.3) is 0 Å². The van der Waals surface area contributed by atoms with Crippen molar-refractivity contribution in [2.45, 2.75) is 51.5 Å². The molecular formula is C14H28N2O2. The first kappa shape index (κ1) is 15.4. The Morgan fingerprint density at radius 2 is 2.06 bits per heavy atom. The van der Waals surface area contributed by atoms with Crippen LogP contribution in [0.5, 0.6) is 0 Å². The molecule has 0 aliphatic carbocycles. The molecule has 0 aromatic carbocycles. The highest BCUT2D eigenvalue weighted by molar-refractivity contribution is 5.85. The SMILES string of the molecule is CCCC(C)(N)C(=O)N(C)CCC1CCOCC1. The zero-order chi connectivity index (χ0) is 13.6. The van der Waals surface area contributed by atoms with E-state index < -0.39 is 5.54 Å². The Hall–Kier alpha value is -0.610. The summed E-state index contributed by atoms with van der Waals surface area (Å²) in [6, 6.07) is 0. The van der Waals surface area contributed by atoms with Gasteiger partial charge in [-0.3, -0.25) is 4.79 Å². The second-order valence-electron chi connectivity index (χ2n) is 5.74. The van der Waals surface area contributed by atoms with Gasteiger partial charge in [0.25, 0.3) is 0 Å². The molecule has 1 atom stereocenters. The minimum atomic E-state index is -0.709. The molecule has 1 unspecified atom stereocenters. The molecule has 0 bridgehead atoms. The maximum Gasteiger partial charge on any atom is 0.242 e. The van der Waals surface area contributed by atoms with E-state index in [0.29, 0.717) is 5.92 Å². The zero-order valence-corrected chi connectivity index (χ0v) is 12.1. The van der Waals surface area contributed by atoms with E-state index in [1.165, 1.54) is 0 Å². The third-order valence-corrected chi connectivity index (χ3v) is 3.82. The number of hydrogen-bond donors (Lipinski definition) is 1. The minimum absolute atomic E-state index is 0.0661. The molecule has 1 heterocycles. The highest BCUT2D eigenvalue weighted by Crippen LogP contribution is 2.19. The number of rotatable bonds is 6. The molecule has 0 radical (unpaired) electrons. The van der Waals surface area contributed by atoms with Crippen LogP contribution in [0.15, 0.2) is 0 Å². The number of carbonyl (C=O) groups is 1. The number of amides is 1. The smallest absolute Gasteiger partial charge is 0.242 e. The lowest BCUT2D eigenvalue weighted by Crippen LogP contribution is -2.52. The number of ether oxygens (including phenoxy) is 1. The lowest BCUT2D eigenvalue weighted by Gasteiger charge is -2.30. The second kappa shape index (κ2) is 7.10. The Bertz CT molecular complexity index is 261. The van der Waals surface area contributed by atoms with E-state index in [1.54, 1.807) is 4.90 Å². The van der Waals surface area contributed by atoms with Crippen LogP contribution in [-0.4, -0.2) is 43.2 Å². The first-order valence-electron chi connectivity index (χ1n) is 7.09. The summed E-state index contributed by atoms with van der Waals surface area (Å²) >= 11 is 0. The van der Waals surface area contributed by atoms with Crippen LogP contribution in [0, 0.1) is 5.92 Å². The van der Waals surface area contributed by atoms with Gasteiger partial charge in [0.2, 0.25) is 5.91 Å². The van der Waals surface area contributed by atoms with Gasteiger partial charge in [0.15, 0.2) is 0 Å². The number of carbonyl (C=O) groups excluding carboxylic acids is 1. The average molecular weight is 256 g/mol. The third kappa shape index (κ3) is 4.58. The fraction of sp³-hybridized carbons (Fsp3) is 0.929. The summed E-state index contributed by atoms with van der Waals surface area (Å²) in [6.07, 6.45) is 4.99. The van der Waals surface area contributed by atoms with E-state index in [0.717, 1.165) is 51.9 Å². The molecule has 1 fully saturated rings. The maximum atomic E-state index is 12.2. The molecule has 1 amide bonds. The largest absolute Gasteiger partial charge is 0.381 e. The van der Waals surface area contributed by atoms with Crippen molar-refractivity contribution in [2.75, 3.05) is 26.8 Å². The Morgan fingerprint density at radius 1 is 1.44 bits per heavy atom. The van der Waals surface area contributed by atoms with Crippen molar-refractivity contribution in [2.24, 2.45) is 11.7 Å². The number of hydrogen-bond acceptors (Lipinski definition) is 3. The van der Waals surface area contributed by atoms with E-state index >= 15 is 0 Å². The monoisotopic (exact) mass is 256 g/mol. The molecule has 1 rings (SSSR count). The van der Waals surface area contributed by atoms with Gasteiger partial charge in [-0.2, -0.15) is 0 Å². The van der Waals surface area contributed by atoms with Crippen LogP contribution in [0.3, 0.4) is 0 Å². The highest BCUT2D eigenvalue weighted by atomic mass is 16.5. The standard InChI is InChI=1S/C14H28N2O2/c1-4-8-14(2,15)13(17)16(3)9-5-12-6-10-18-11-7-12/h12H,4-11,15H2,1-3H3. The van der Waals surface area contributed by atoms with Crippen molar-refractivity contribution in [1.29, 1.82) is 0 Å². The van der Waals surface area contributed by atoms with Gasteiger partial charge in [-0.25, -0.2) is 0 Å². The van der Waals surface area contributed by atoms with Crippen molar-refractivity contribution < 1.29 is 9.53 Å². The molecule has 4 nitrogen and oxygen atoms in total. The van der Waals surface area contributed by atoms with Crippen LogP contribution >= 0.6 is 0 Å². The van der Waals surface area contributed by atoms with Gasteiger partial charge in [-0.1, -0.05) is 13.3 Å². The van der Waals surface area contributed by atoms with Crippen molar-refractivity contribution in [3.05, 3.63) is 0 Å². The van der Waals surface area contributed by atoms with E-state index in [4.69, 9.17) is 10.5 Å². The Kier molecular flexibility index (Phi) is 6.09. The van der Waals surface area contributed by atoms with Crippen LogP contribution in [0.1, 0.15) is 46.0 Å². The Morgan fingerprint density at radius 3 is 2.61 bits per heavy atom. The summed E-state index contributed by atoms with van der Waals surface area (Å²) in [5, 5.41) is 0. The van der Waals surface area contributed by atoms with Crippen LogP contribution < -0.4 is 5.73 Å². The van der Waals surface area contributed by atoms with Gasteiger partial charge in [0.1, 0.15) is 0 Å². The molecule has 1 aliphatic rings. The summed E-state index contributed by atoms with van der Waals surface area (Å²) < 4.78 is 5.34. The van der Waals surface area contributed by atoms with Crippen molar-refractivity contribution >= 4 is 5.91 Å². The molecule has 0 spiro atoms. The summed E-state index contributed by atoms with van der Waals surface area (Å²) in [4.78, 5) is 14.0. The third-order valence-electron chi connectivity index (χ3n) is 3.82. The summed E-state index contributed by atoms with van der Waals surface area (Å²) in [6.45, 7) is 6.43. The van der Waals surface area contributed by atoms with Crippen LogP contribution in [-0.2, 0) is 9.53 Å². The molecule has 106 valence electrons. The first-order chi connectivity index (χ1) is 8.47. The first-order valence-corrected chi connectivity index (χ1v) is 7.09. The quantitative estimate of drug-likeness (QED) is 0.788. The Labute approximate surface area is 111 Å². The predicted molar refractivity (Wildman–Crippen MR) is 73.3 cm³/mol. The summed E-state index contributed by atoms with van der Waals surface area (Å²) in [5.74, 6) is 0.764. The van der Waals surface area contributed by atoms with Crippen molar-refractivity contribution in [3.8, 4) is 0 Å². The van der Waals surface area contributed by atoms with Gasteiger partial charge in [-0.15, -0.1) is 0 Å². The molecule has 1 saturated heterocycles. The zero-order valence-electron chi connectivity index (χ0n) is 12.1. The van der Waals surface area contributed by atoms with E-state index in [1.807, 2.05) is 14.0 Å². The van der Waals surface area contributed by atoms with Gasteiger partial charge in [0, 0.05) is 26.8 Å². The van der Waals surface area contributed by atoms with Crippen LogP contribution in [0.2, 0.25) is 0 Å². The lowest BCUT2D eigenvalue weighted by molar-refractivity contribution is -0.135. The molecule has 4 heteroatoms. The second-order valence-corrected chi connectivity index (χ2v) is 5.74. The topological polar surface area (TPSA) is 55.6 Å². The number of nitrogens with two attached hydrogens (primary N) is 1. The molecule has 2 N–H and O–H groups in total. The van der Waals surface area contributed by atoms with E-state index in [2.05, 4.69) is 6.92 Å². The van der Waals surface area contributed by atoms with Crippen molar-refractivity contribution in [1.82, 2.24) is 4.90 Å². The van der Waals surface area contributed by atoms with Gasteiger partial charge in [0.05, 0.1) is 5.54 Å². The van der Waals surface area contributed by atoms with Gasteiger partial charge < -0.3 is 15.4 Å². The van der Waals surface area contributed by atoms with Gasteiger partial charge in [-0.05, 0) is 38.5 Å². The molecule has 18 heavy (non-hydrogen) atoms. The molecule has 1 aliphatic heterocycles. The maximum absolute atomic E-state index is 12.2. The predicted octanol–water partition coefficient (Wildman–Crippen LogP) is 1.78. The Balaban J connectivity index is 2.34. The van der Waals surface area contributed by atoms with Gasteiger partial charge >= 0.3 is 0 Å². The average Bonchev–Trinajstić information content (AvgIpc) is 2.36. The molecule has 0 saturated carbocycles. The molecule has 0 aromatic rings. The summed E-state index contributed by atoms with van der Waals surface area (Å²) in [5.41, 5.74) is 5.36. The van der Waals surface area contributed by atoms with Crippen LogP contribution in [0.4, 0.5) is 0 Å². The number of nitrogens with zero attached hydrogens (tertiary/aromatic N) is 1. The molecular weight excluding hydrogens is 228 g/mol. The molecule has 0 aromatic heterocycles. The number of likely N-dealkylation sites (N-methyl/N-ethyl adjacent to an activating group) is 1.